The van der Waals surface area contributed by atoms with Crippen LogP contribution in [0.25, 0.3) is 82.8 Å². The van der Waals surface area contributed by atoms with Gasteiger partial charge in [0, 0.05) is 16.3 Å². The molecular weight excluding hydrogens is 873 g/mol. The average molecular weight is 919 g/mol. The summed E-state index contributed by atoms with van der Waals surface area (Å²) in [6, 6.07) is 93.8. The Morgan fingerprint density at radius 2 is 1.03 bits per heavy atom. The molecular formula is C68H46N4. The van der Waals surface area contributed by atoms with Crippen molar-refractivity contribution in [2.75, 3.05) is 0 Å². The van der Waals surface area contributed by atoms with E-state index in [9.17, 15) is 0 Å². The number of benzene rings is 11. The molecule has 15 rings (SSSR count). The van der Waals surface area contributed by atoms with Gasteiger partial charge in [-0.1, -0.05) is 231 Å². The van der Waals surface area contributed by atoms with Gasteiger partial charge in [-0.15, -0.1) is 0 Å². The number of hydrogen-bond donors (Lipinski definition) is 2. The van der Waals surface area contributed by atoms with E-state index in [1.807, 2.05) is 0 Å². The maximum atomic E-state index is 5.39. The largest absolute Gasteiger partial charge is 0.350 e. The molecule has 1 aliphatic carbocycles. The fourth-order valence-corrected chi connectivity index (χ4v) is 12.6. The Labute approximate surface area is 418 Å². The van der Waals surface area contributed by atoms with E-state index >= 15 is 0 Å². The first-order valence-electron chi connectivity index (χ1n) is 25.0. The molecule has 2 N–H and O–H groups in total. The van der Waals surface area contributed by atoms with Gasteiger partial charge in [0.05, 0.1) is 22.1 Å². The van der Waals surface area contributed by atoms with E-state index in [0.29, 0.717) is 0 Å². The summed E-state index contributed by atoms with van der Waals surface area (Å²) in [4.78, 5) is 5.39. The molecule has 1 spiro atoms. The summed E-state index contributed by atoms with van der Waals surface area (Å²) in [6.45, 7) is 0. The van der Waals surface area contributed by atoms with Gasteiger partial charge in [0.25, 0.3) is 0 Å². The molecule has 0 bridgehead atoms. The molecule has 0 amide bonds. The SMILES string of the molecule is c1ccc(-c2cccc(C3=NC(c4ccc(-c5c(-c6ccc7c(c6)C6(c8ccccc8-7)c7ccccc7-n7c8ccccc8c8cccc6c87)ccc6ccccc56)cc4)NC(c4ccccc4)N3)c2)cc1. The third-order valence-corrected chi connectivity index (χ3v) is 15.7. The van der Waals surface area contributed by atoms with Crippen molar-refractivity contribution >= 4 is 38.4 Å². The third kappa shape index (κ3) is 6.00. The maximum absolute atomic E-state index is 5.39. The fourth-order valence-electron chi connectivity index (χ4n) is 12.6. The predicted octanol–water partition coefficient (Wildman–Crippen LogP) is 16.0. The van der Waals surface area contributed by atoms with E-state index in [1.54, 1.807) is 0 Å². The second-order valence-electron chi connectivity index (χ2n) is 19.4. The topological polar surface area (TPSA) is 41.4 Å². The van der Waals surface area contributed by atoms with Crippen molar-refractivity contribution in [3.8, 4) is 50.2 Å². The molecule has 0 radical (unpaired) electrons. The Morgan fingerprint density at radius 1 is 0.389 bits per heavy atom. The Balaban J connectivity index is 0.884. The molecule has 3 aliphatic rings. The summed E-state index contributed by atoms with van der Waals surface area (Å²) in [5.74, 6) is 0.862. The summed E-state index contributed by atoms with van der Waals surface area (Å²) in [7, 11) is 0. The van der Waals surface area contributed by atoms with Crippen molar-refractivity contribution in [2.45, 2.75) is 17.7 Å². The molecule has 11 aromatic carbocycles. The lowest BCUT2D eigenvalue weighted by Crippen LogP contribution is -2.44. The first-order chi connectivity index (χ1) is 35.7. The number of amidine groups is 1. The highest BCUT2D eigenvalue weighted by atomic mass is 15.3. The normalized spacial score (nSPS) is 17.4. The minimum absolute atomic E-state index is 0.144. The quantitative estimate of drug-likeness (QED) is 0.174. The molecule has 12 aromatic rings. The molecule has 3 heterocycles. The van der Waals surface area contributed by atoms with Gasteiger partial charge < -0.3 is 9.88 Å². The first-order valence-corrected chi connectivity index (χ1v) is 25.0. The molecule has 1 aromatic heterocycles. The third-order valence-electron chi connectivity index (χ3n) is 15.7. The Kier molecular flexibility index (Phi) is 9.04. The summed E-state index contributed by atoms with van der Waals surface area (Å²) in [6.07, 6.45) is -0.432. The Morgan fingerprint density at radius 3 is 1.90 bits per heavy atom. The highest BCUT2D eigenvalue weighted by Gasteiger charge is 2.51. The number of aromatic nitrogens is 1. The molecule has 72 heavy (non-hydrogen) atoms. The standard InChI is InChI=1S/C68H46N4/c1-3-17-43(18-4-1)48-22-15-23-50(41-48)67-70-65(46-20-5-2-6-21-46)69-66(71-67)47-35-33-45(34-36-47)63-51-24-8-7-19-44(51)37-39-52(63)49-38-40-54-53-25-9-11-28-57(53)68(60(54)42-49)58-29-12-14-32-62(58)72-61-31-13-10-26-55(61)56-27-16-30-59(68)64(56)72/h1-42,65-66,69H,(H,70,71). The number of nitrogens with zero attached hydrogens (tertiary/aromatic N) is 2. The van der Waals surface area contributed by atoms with Gasteiger partial charge in [-0.05, 0) is 113 Å². The lowest BCUT2D eigenvalue weighted by Gasteiger charge is -2.39. The first kappa shape index (κ1) is 40.8. The fraction of sp³-hybridized carbons (Fsp3) is 0.0441. The van der Waals surface area contributed by atoms with E-state index in [2.05, 4.69) is 270 Å². The van der Waals surface area contributed by atoms with E-state index in [-0.39, 0.29) is 12.3 Å². The van der Waals surface area contributed by atoms with Crippen LogP contribution in [0.5, 0.6) is 0 Å². The minimum Gasteiger partial charge on any atom is -0.350 e. The van der Waals surface area contributed by atoms with Crippen LogP contribution in [-0.2, 0) is 5.41 Å². The van der Waals surface area contributed by atoms with Gasteiger partial charge in [-0.25, -0.2) is 4.99 Å². The number of hydrogen-bond acceptors (Lipinski definition) is 3. The zero-order chi connectivity index (χ0) is 47.3. The number of nitrogens with one attached hydrogen (secondary N) is 2. The lowest BCUT2D eigenvalue weighted by atomic mass is 9.65. The smallest absolute Gasteiger partial charge is 0.131 e. The number of aliphatic imine (C=N–C) groups is 1. The van der Waals surface area contributed by atoms with Gasteiger partial charge >= 0.3 is 0 Å². The lowest BCUT2D eigenvalue weighted by molar-refractivity contribution is 0.409. The highest BCUT2D eigenvalue weighted by molar-refractivity contribution is 6.13. The van der Waals surface area contributed by atoms with Crippen LogP contribution < -0.4 is 10.6 Å². The van der Waals surface area contributed by atoms with Gasteiger partial charge in [0.1, 0.15) is 18.2 Å². The van der Waals surface area contributed by atoms with Gasteiger partial charge in [0.15, 0.2) is 0 Å². The van der Waals surface area contributed by atoms with Crippen LogP contribution in [-0.4, -0.2) is 10.4 Å². The summed E-state index contributed by atoms with van der Waals surface area (Å²) >= 11 is 0. The van der Waals surface area contributed by atoms with Gasteiger partial charge in [0.2, 0.25) is 0 Å². The van der Waals surface area contributed by atoms with Crippen molar-refractivity contribution in [1.82, 2.24) is 15.2 Å². The van der Waals surface area contributed by atoms with Gasteiger partial charge in [-0.2, -0.15) is 0 Å². The van der Waals surface area contributed by atoms with E-state index in [0.717, 1.165) is 33.7 Å². The molecule has 338 valence electrons. The van der Waals surface area contributed by atoms with Crippen molar-refractivity contribution in [1.29, 1.82) is 0 Å². The maximum Gasteiger partial charge on any atom is 0.131 e. The molecule has 0 fully saturated rings. The molecule has 4 heteroatoms. The minimum atomic E-state index is -0.539. The summed E-state index contributed by atoms with van der Waals surface area (Å²) < 4.78 is 2.52. The van der Waals surface area contributed by atoms with Crippen LogP contribution in [0.3, 0.4) is 0 Å². The Hall–Kier alpha value is -9.09. The van der Waals surface area contributed by atoms with Crippen LogP contribution >= 0.6 is 0 Å². The van der Waals surface area contributed by atoms with Crippen molar-refractivity contribution in [3.63, 3.8) is 0 Å². The van der Waals surface area contributed by atoms with Crippen LogP contribution in [0.15, 0.2) is 260 Å². The zero-order valence-electron chi connectivity index (χ0n) is 39.3. The molecule has 0 saturated heterocycles. The zero-order valence-corrected chi connectivity index (χ0v) is 39.3. The summed E-state index contributed by atoms with van der Waals surface area (Å²) in [5, 5.41) is 12.6. The second-order valence-corrected chi connectivity index (χ2v) is 19.4. The molecule has 3 unspecified atom stereocenters. The number of rotatable bonds is 6. The monoisotopic (exact) mass is 918 g/mol. The van der Waals surface area contributed by atoms with E-state index in [1.165, 1.54) is 93.9 Å². The van der Waals surface area contributed by atoms with E-state index < -0.39 is 5.41 Å². The molecule has 3 atom stereocenters. The summed E-state index contributed by atoms with van der Waals surface area (Å²) in [5.41, 5.74) is 21.5. The van der Waals surface area contributed by atoms with Crippen molar-refractivity contribution < 1.29 is 0 Å². The van der Waals surface area contributed by atoms with Crippen molar-refractivity contribution in [2.24, 2.45) is 4.99 Å². The number of para-hydroxylation sites is 3. The Bertz CT molecular complexity index is 4170. The van der Waals surface area contributed by atoms with Crippen molar-refractivity contribution in [3.05, 3.63) is 294 Å². The van der Waals surface area contributed by atoms with Gasteiger partial charge in [-0.3, -0.25) is 5.32 Å². The van der Waals surface area contributed by atoms with E-state index in [4.69, 9.17) is 4.99 Å². The molecule has 4 nitrogen and oxygen atoms in total. The molecule has 0 saturated carbocycles. The predicted molar refractivity (Wildman–Crippen MR) is 297 cm³/mol. The molecule has 2 aliphatic heterocycles. The van der Waals surface area contributed by atoms with Crippen LogP contribution in [0.1, 0.15) is 51.3 Å². The van der Waals surface area contributed by atoms with Crippen LogP contribution in [0.2, 0.25) is 0 Å². The van der Waals surface area contributed by atoms with Crippen LogP contribution in [0.4, 0.5) is 0 Å². The van der Waals surface area contributed by atoms with Crippen LogP contribution in [0, 0.1) is 0 Å². The number of fused-ring (bicyclic) bond motifs is 13. The highest BCUT2D eigenvalue weighted by Crippen LogP contribution is 2.61. The second kappa shape index (κ2) is 16.0. The average Bonchev–Trinajstić information content (AvgIpc) is 3.95.